The number of alkyl halides is 3. The Labute approximate surface area is 97.4 Å². The van der Waals surface area contributed by atoms with Crippen LogP contribution in [0.25, 0.3) is 0 Å². The van der Waals surface area contributed by atoms with Crippen LogP contribution >= 0.6 is 0 Å². The van der Waals surface area contributed by atoms with E-state index in [1.807, 2.05) is 0 Å². The first kappa shape index (κ1) is 13.5. The summed E-state index contributed by atoms with van der Waals surface area (Å²) >= 11 is 0. The number of carbonyl (C=O) groups excluding carboxylic acids is 1. The zero-order valence-corrected chi connectivity index (χ0v) is 9.33. The van der Waals surface area contributed by atoms with Gasteiger partial charge >= 0.3 is 6.36 Å². The van der Waals surface area contributed by atoms with Crippen LogP contribution in [0.2, 0.25) is 0 Å². The van der Waals surface area contributed by atoms with Crippen molar-refractivity contribution in [1.82, 2.24) is 0 Å². The van der Waals surface area contributed by atoms with Gasteiger partial charge in [0.05, 0.1) is 0 Å². The van der Waals surface area contributed by atoms with Gasteiger partial charge in [-0.15, -0.1) is 13.2 Å². The number of hydrogen-bond donors (Lipinski definition) is 0. The van der Waals surface area contributed by atoms with Crippen LogP contribution in [0.1, 0.15) is 18.9 Å². The standard InChI is InChI=1S/C12H13F3O2/c1-9(8-16)2-3-10-4-6-11(7-5-10)17-12(13,14)15/h4-9H,2-3H2,1H3. The lowest BCUT2D eigenvalue weighted by Gasteiger charge is -2.09. The molecule has 5 heteroatoms. The third-order valence-electron chi connectivity index (χ3n) is 2.28. The van der Waals surface area contributed by atoms with Crippen LogP contribution in [0.3, 0.4) is 0 Å². The second-order valence-electron chi connectivity index (χ2n) is 3.84. The van der Waals surface area contributed by atoms with Crippen molar-refractivity contribution in [3.8, 4) is 5.75 Å². The van der Waals surface area contributed by atoms with Crippen LogP contribution in [-0.2, 0) is 11.2 Å². The molecule has 17 heavy (non-hydrogen) atoms. The molecule has 0 radical (unpaired) electrons. The van der Waals surface area contributed by atoms with E-state index in [1.165, 1.54) is 12.1 Å². The molecular formula is C12H13F3O2. The van der Waals surface area contributed by atoms with E-state index in [0.29, 0.717) is 12.8 Å². The number of ether oxygens (including phenoxy) is 1. The van der Waals surface area contributed by atoms with Crippen LogP contribution in [0, 0.1) is 5.92 Å². The fraction of sp³-hybridized carbons (Fsp3) is 0.417. The Morgan fingerprint density at radius 1 is 1.29 bits per heavy atom. The zero-order valence-electron chi connectivity index (χ0n) is 9.33. The number of benzene rings is 1. The van der Waals surface area contributed by atoms with Gasteiger partial charge in [0.25, 0.3) is 0 Å². The topological polar surface area (TPSA) is 26.3 Å². The highest BCUT2D eigenvalue weighted by molar-refractivity contribution is 5.52. The van der Waals surface area contributed by atoms with Gasteiger partial charge in [-0.3, -0.25) is 0 Å². The molecule has 0 saturated heterocycles. The predicted octanol–water partition coefficient (Wildman–Crippen LogP) is 3.35. The Morgan fingerprint density at radius 3 is 2.35 bits per heavy atom. The number of aldehydes is 1. The molecule has 2 nitrogen and oxygen atoms in total. The van der Waals surface area contributed by atoms with Gasteiger partial charge in [0.1, 0.15) is 12.0 Å². The van der Waals surface area contributed by atoms with Crippen molar-refractivity contribution in [3.63, 3.8) is 0 Å². The van der Waals surface area contributed by atoms with Gasteiger partial charge < -0.3 is 9.53 Å². The summed E-state index contributed by atoms with van der Waals surface area (Å²) in [4.78, 5) is 10.4. The molecule has 1 rings (SSSR count). The van der Waals surface area contributed by atoms with Crippen LogP contribution in [-0.4, -0.2) is 12.6 Å². The number of hydrogen-bond acceptors (Lipinski definition) is 2. The van der Waals surface area contributed by atoms with Crippen molar-refractivity contribution in [2.45, 2.75) is 26.1 Å². The van der Waals surface area contributed by atoms with Crippen LogP contribution in [0.15, 0.2) is 24.3 Å². The molecule has 0 fully saturated rings. The summed E-state index contributed by atoms with van der Waals surface area (Å²) in [6.07, 6.45) is -2.45. The molecule has 94 valence electrons. The van der Waals surface area contributed by atoms with Crippen molar-refractivity contribution < 1.29 is 22.7 Å². The molecule has 0 aromatic heterocycles. The Morgan fingerprint density at radius 2 is 1.88 bits per heavy atom. The van der Waals surface area contributed by atoms with Crippen molar-refractivity contribution >= 4 is 6.29 Å². The van der Waals surface area contributed by atoms with E-state index >= 15 is 0 Å². The average Bonchev–Trinajstić information content (AvgIpc) is 2.25. The lowest BCUT2D eigenvalue weighted by molar-refractivity contribution is -0.274. The van der Waals surface area contributed by atoms with Gasteiger partial charge in [-0.25, -0.2) is 0 Å². The molecule has 0 aliphatic rings. The van der Waals surface area contributed by atoms with E-state index in [1.54, 1.807) is 19.1 Å². The summed E-state index contributed by atoms with van der Waals surface area (Å²) in [6.45, 7) is 1.80. The fourth-order valence-corrected chi connectivity index (χ4v) is 1.32. The lowest BCUT2D eigenvalue weighted by Crippen LogP contribution is -2.17. The summed E-state index contributed by atoms with van der Waals surface area (Å²) in [5.74, 6) is -0.272. The highest BCUT2D eigenvalue weighted by atomic mass is 19.4. The molecule has 0 aliphatic heterocycles. The van der Waals surface area contributed by atoms with Gasteiger partial charge in [-0.05, 0) is 30.5 Å². The van der Waals surface area contributed by atoms with Gasteiger partial charge in [0.2, 0.25) is 0 Å². The minimum Gasteiger partial charge on any atom is -0.406 e. The molecule has 0 amide bonds. The van der Waals surface area contributed by atoms with Crippen molar-refractivity contribution in [2.24, 2.45) is 5.92 Å². The largest absolute Gasteiger partial charge is 0.573 e. The number of rotatable bonds is 5. The maximum absolute atomic E-state index is 11.9. The third kappa shape index (κ3) is 5.38. The highest BCUT2D eigenvalue weighted by Crippen LogP contribution is 2.23. The molecule has 0 saturated carbocycles. The second-order valence-corrected chi connectivity index (χ2v) is 3.84. The van der Waals surface area contributed by atoms with Crippen LogP contribution < -0.4 is 4.74 Å². The van der Waals surface area contributed by atoms with E-state index in [4.69, 9.17) is 0 Å². The smallest absolute Gasteiger partial charge is 0.406 e. The molecule has 1 aromatic carbocycles. The number of carbonyl (C=O) groups is 1. The first-order chi connectivity index (χ1) is 7.90. The molecule has 0 spiro atoms. The Hall–Kier alpha value is -1.52. The third-order valence-corrected chi connectivity index (χ3v) is 2.28. The van der Waals surface area contributed by atoms with E-state index in [9.17, 15) is 18.0 Å². The summed E-state index contributed by atoms with van der Waals surface area (Å²) in [7, 11) is 0. The lowest BCUT2D eigenvalue weighted by atomic mass is 10.0. The Balaban J connectivity index is 2.53. The van der Waals surface area contributed by atoms with Crippen molar-refractivity contribution in [1.29, 1.82) is 0 Å². The van der Waals surface area contributed by atoms with E-state index in [2.05, 4.69) is 4.74 Å². The highest BCUT2D eigenvalue weighted by Gasteiger charge is 2.30. The van der Waals surface area contributed by atoms with E-state index in [0.717, 1.165) is 11.8 Å². The molecule has 0 bridgehead atoms. The number of halogens is 3. The van der Waals surface area contributed by atoms with Gasteiger partial charge in [-0.1, -0.05) is 19.1 Å². The van der Waals surface area contributed by atoms with Crippen molar-refractivity contribution in [2.75, 3.05) is 0 Å². The maximum atomic E-state index is 11.9. The SMILES string of the molecule is CC(C=O)CCc1ccc(OC(F)(F)F)cc1. The Bertz CT molecular complexity index is 357. The molecule has 0 aliphatic carbocycles. The van der Waals surface area contributed by atoms with Crippen molar-refractivity contribution in [3.05, 3.63) is 29.8 Å². The van der Waals surface area contributed by atoms with Gasteiger partial charge in [-0.2, -0.15) is 0 Å². The molecule has 0 heterocycles. The minimum absolute atomic E-state index is 0.0406. The quantitative estimate of drug-likeness (QED) is 0.745. The van der Waals surface area contributed by atoms with Gasteiger partial charge in [0.15, 0.2) is 0 Å². The number of aryl methyl sites for hydroxylation is 1. The molecule has 1 aromatic rings. The summed E-state index contributed by atoms with van der Waals surface area (Å²) in [5, 5.41) is 0. The summed E-state index contributed by atoms with van der Waals surface area (Å²) < 4.78 is 39.4. The maximum Gasteiger partial charge on any atom is 0.573 e. The first-order valence-electron chi connectivity index (χ1n) is 5.20. The molecule has 1 unspecified atom stereocenters. The monoisotopic (exact) mass is 246 g/mol. The second kappa shape index (κ2) is 5.70. The van der Waals surface area contributed by atoms with E-state index < -0.39 is 6.36 Å². The summed E-state index contributed by atoms with van der Waals surface area (Å²) in [6, 6.07) is 5.68. The van der Waals surface area contributed by atoms with E-state index in [-0.39, 0.29) is 11.7 Å². The molecule has 0 N–H and O–H groups in total. The predicted molar refractivity (Wildman–Crippen MR) is 56.7 cm³/mol. The molecular weight excluding hydrogens is 233 g/mol. The minimum atomic E-state index is -4.66. The van der Waals surface area contributed by atoms with Crippen LogP contribution in [0.4, 0.5) is 13.2 Å². The fourth-order valence-electron chi connectivity index (χ4n) is 1.32. The zero-order chi connectivity index (χ0) is 12.9. The first-order valence-corrected chi connectivity index (χ1v) is 5.20. The average molecular weight is 246 g/mol. The normalized spacial score (nSPS) is 13.2. The van der Waals surface area contributed by atoms with Crippen LogP contribution in [0.5, 0.6) is 5.75 Å². The van der Waals surface area contributed by atoms with Gasteiger partial charge in [0, 0.05) is 5.92 Å². The summed E-state index contributed by atoms with van der Waals surface area (Å²) in [5.41, 5.74) is 0.883. The Kier molecular flexibility index (Phi) is 4.54. The molecule has 1 atom stereocenters.